The Bertz CT molecular complexity index is 410. The van der Waals surface area contributed by atoms with Gasteiger partial charge in [0, 0.05) is 12.3 Å². The highest BCUT2D eigenvalue weighted by molar-refractivity contribution is 5.82. The fourth-order valence-electron chi connectivity index (χ4n) is 2.83. The molecular weight excluding hydrogens is 232 g/mol. The molecule has 6 nitrogen and oxygen atoms in total. The Hall–Kier alpha value is -1.56. The number of aliphatic hydroxyl groups is 1. The molecule has 0 saturated heterocycles. The van der Waals surface area contributed by atoms with E-state index < -0.39 is 0 Å². The van der Waals surface area contributed by atoms with E-state index in [0.717, 1.165) is 38.0 Å². The van der Waals surface area contributed by atoms with Crippen molar-refractivity contribution in [2.24, 2.45) is 4.99 Å². The summed E-state index contributed by atoms with van der Waals surface area (Å²) >= 11 is 0. The van der Waals surface area contributed by atoms with Crippen molar-refractivity contribution in [3.05, 3.63) is 11.6 Å². The van der Waals surface area contributed by atoms with Crippen LogP contribution in [0.5, 0.6) is 0 Å². The number of nitrogens with one attached hydrogen (secondary N) is 2. The molecule has 2 heterocycles. The number of rotatable bonds is 1. The van der Waals surface area contributed by atoms with Gasteiger partial charge in [-0.25, -0.2) is 4.99 Å². The van der Waals surface area contributed by atoms with E-state index in [4.69, 9.17) is 0 Å². The second kappa shape index (κ2) is 4.61. The third kappa shape index (κ3) is 2.08. The molecule has 1 amide bonds. The molecule has 0 unspecified atom stereocenters. The Kier molecular flexibility index (Phi) is 2.95. The summed E-state index contributed by atoms with van der Waals surface area (Å²) in [6.45, 7) is 1.07. The summed E-state index contributed by atoms with van der Waals surface area (Å²) in [7, 11) is 0. The summed E-state index contributed by atoms with van der Waals surface area (Å²) in [5.74, 6) is 1.51. The third-order valence-electron chi connectivity index (χ3n) is 3.79. The highest BCUT2D eigenvalue weighted by Gasteiger charge is 2.31. The van der Waals surface area contributed by atoms with Crippen molar-refractivity contribution < 1.29 is 9.90 Å². The van der Waals surface area contributed by atoms with Crippen LogP contribution in [0.4, 0.5) is 0 Å². The second-order valence-corrected chi connectivity index (χ2v) is 5.03. The van der Waals surface area contributed by atoms with Crippen LogP contribution in [-0.4, -0.2) is 47.4 Å². The molecule has 1 saturated carbocycles. The Labute approximate surface area is 106 Å². The van der Waals surface area contributed by atoms with Crippen LogP contribution in [0.1, 0.15) is 25.7 Å². The molecule has 2 aliphatic heterocycles. The van der Waals surface area contributed by atoms with Crippen molar-refractivity contribution in [1.82, 2.24) is 15.5 Å². The largest absolute Gasteiger partial charge is 0.393 e. The van der Waals surface area contributed by atoms with Gasteiger partial charge in [0.2, 0.25) is 5.91 Å². The first-order valence-electron chi connectivity index (χ1n) is 6.49. The molecule has 0 aromatic rings. The van der Waals surface area contributed by atoms with Crippen LogP contribution in [0.3, 0.4) is 0 Å². The molecule has 3 rings (SSSR count). The highest BCUT2D eigenvalue weighted by atomic mass is 16.3. The van der Waals surface area contributed by atoms with Gasteiger partial charge in [-0.1, -0.05) is 0 Å². The predicted molar refractivity (Wildman–Crippen MR) is 66.6 cm³/mol. The minimum Gasteiger partial charge on any atom is -0.393 e. The van der Waals surface area contributed by atoms with Crippen LogP contribution < -0.4 is 10.6 Å². The van der Waals surface area contributed by atoms with Crippen LogP contribution >= 0.6 is 0 Å². The van der Waals surface area contributed by atoms with Gasteiger partial charge in [-0.05, 0) is 25.7 Å². The van der Waals surface area contributed by atoms with Crippen molar-refractivity contribution in [3.63, 3.8) is 0 Å². The maximum atomic E-state index is 11.3. The minimum absolute atomic E-state index is 0.0492. The number of nitrogens with zero attached hydrogens (tertiary/aromatic N) is 2. The average molecular weight is 250 g/mol. The average Bonchev–Trinajstić information content (AvgIpc) is 2.38. The Morgan fingerprint density at radius 1 is 1.33 bits per heavy atom. The van der Waals surface area contributed by atoms with Crippen molar-refractivity contribution in [2.75, 3.05) is 13.1 Å². The molecule has 0 spiro atoms. The summed E-state index contributed by atoms with van der Waals surface area (Å²) in [4.78, 5) is 17.8. The quantitative estimate of drug-likeness (QED) is 0.587. The fourth-order valence-corrected chi connectivity index (χ4v) is 2.83. The number of aliphatic imine (C=N–C) groups is 1. The molecule has 0 aromatic carbocycles. The summed E-state index contributed by atoms with van der Waals surface area (Å²) in [6.07, 6.45) is 5.37. The lowest BCUT2D eigenvalue weighted by Crippen LogP contribution is -2.51. The molecule has 3 N–H and O–H groups in total. The molecule has 0 bridgehead atoms. The number of carbonyl (C=O) groups excluding carboxylic acids is 1. The molecule has 3 aliphatic rings. The van der Waals surface area contributed by atoms with Crippen LogP contribution in [-0.2, 0) is 4.79 Å². The second-order valence-electron chi connectivity index (χ2n) is 5.03. The SMILES string of the molecule is O=C1CNC2=C(N=CCN2C2CCC(O)CC2)N1. The van der Waals surface area contributed by atoms with E-state index in [9.17, 15) is 9.90 Å². The Morgan fingerprint density at radius 2 is 2.11 bits per heavy atom. The van der Waals surface area contributed by atoms with Gasteiger partial charge in [0.15, 0.2) is 5.82 Å². The van der Waals surface area contributed by atoms with E-state index >= 15 is 0 Å². The molecular formula is C12H18N4O2. The maximum Gasteiger partial charge on any atom is 0.244 e. The van der Waals surface area contributed by atoms with E-state index in [1.807, 2.05) is 6.21 Å². The van der Waals surface area contributed by atoms with E-state index in [-0.39, 0.29) is 12.0 Å². The van der Waals surface area contributed by atoms with Gasteiger partial charge in [-0.15, -0.1) is 0 Å². The smallest absolute Gasteiger partial charge is 0.244 e. The molecule has 18 heavy (non-hydrogen) atoms. The first kappa shape index (κ1) is 11.5. The number of amides is 1. The van der Waals surface area contributed by atoms with Crippen LogP contribution in [0.2, 0.25) is 0 Å². The van der Waals surface area contributed by atoms with Crippen LogP contribution in [0, 0.1) is 0 Å². The monoisotopic (exact) mass is 250 g/mol. The van der Waals surface area contributed by atoms with Crippen LogP contribution in [0.25, 0.3) is 0 Å². The maximum absolute atomic E-state index is 11.3. The first-order valence-corrected chi connectivity index (χ1v) is 6.49. The van der Waals surface area contributed by atoms with Gasteiger partial charge in [0.25, 0.3) is 0 Å². The molecule has 1 aliphatic carbocycles. The number of aliphatic hydroxyl groups excluding tert-OH is 1. The zero-order valence-electron chi connectivity index (χ0n) is 10.2. The van der Waals surface area contributed by atoms with Crippen LogP contribution in [0.15, 0.2) is 16.6 Å². The lowest BCUT2D eigenvalue weighted by atomic mass is 9.92. The summed E-state index contributed by atoms with van der Waals surface area (Å²) in [5, 5.41) is 15.5. The van der Waals surface area contributed by atoms with Gasteiger partial charge >= 0.3 is 0 Å². The summed E-state index contributed by atoms with van der Waals surface area (Å²) < 4.78 is 0. The predicted octanol–water partition coefficient (Wildman–Crippen LogP) is -0.478. The standard InChI is InChI=1S/C12H18N4O2/c17-9-3-1-8(2-4-9)16-6-5-13-11-12(16)14-7-10(18)15-11/h5,8-9,14,17H,1-4,6-7H2,(H,15,18). The first-order chi connectivity index (χ1) is 8.74. The Balaban J connectivity index is 1.77. The normalized spacial score (nSPS) is 31.8. The van der Waals surface area contributed by atoms with Gasteiger partial charge in [-0.2, -0.15) is 0 Å². The summed E-state index contributed by atoms with van der Waals surface area (Å²) in [5.41, 5.74) is 0. The zero-order chi connectivity index (χ0) is 12.5. The van der Waals surface area contributed by atoms with Crippen molar-refractivity contribution >= 4 is 12.1 Å². The van der Waals surface area contributed by atoms with Crippen molar-refractivity contribution in [2.45, 2.75) is 37.8 Å². The van der Waals surface area contributed by atoms with E-state index in [0.29, 0.717) is 18.4 Å². The number of hydrogen-bond donors (Lipinski definition) is 3. The van der Waals surface area contributed by atoms with E-state index in [2.05, 4.69) is 20.5 Å². The molecule has 0 aromatic heterocycles. The van der Waals surface area contributed by atoms with Gasteiger partial charge in [-0.3, -0.25) is 4.79 Å². The highest BCUT2D eigenvalue weighted by Crippen LogP contribution is 2.27. The lowest BCUT2D eigenvalue weighted by molar-refractivity contribution is -0.120. The Morgan fingerprint density at radius 3 is 2.89 bits per heavy atom. The molecule has 6 heteroatoms. The van der Waals surface area contributed by atoms with E-state index in [1.165, 1.54) is 0 Å². The van der Waals surface area contributed by atoms with Gasteiger partial charge in [0.05, 0.1) is 19.2 Å². The molecule has 0 radical (unpaired) electrons. The molecule has 98 valence electrons. The van der Waals surface area contributed by atoms with Crippen molar-refractivity contribution in [3.8, 4) is 0 Å². The summed E-state index contributed by atoms with van der Waals surface area (Å²) in [6, 6.07) is 0.424. The fraction of sp³-hybridized carbons (Fsp3) is 0.667. The number of carbonyl (C=O) groups is 1. The van der Waals surface area contributed by atoms with Gasteiger partial charge < -0.3 is 20.6 Å². The van der Waals surface area contributed by atoms with E-state index in [1.54, 1.807) is 0 Å². The topological polar surface area (TPSA) is 77.0 Å². The molecule has 0 atom stereocenters. The zero-order valence-corrected chi connectivity index (χ0v) is 10.2. The minimum atomic E-state index is -0.146. The number of hydrogen-bond acceptors (Lipinski definition) is 5. The van der Waals surface area contributed by atoms with Gasteiger partial charge in [0.1, 0.15) is 5.82 Å². The molecule has 1 fully saturated rings. The third-order valence-corrected chi connectivity index (χ3v) is 3.79. The van der Waals surface area contributed by atoms with Crippen molar-refractivity contribution in [1.29, 1.82) is 0 Å². The lowest BCUT2D eigenvalue weighted by Gasteiger charge is -2.40.